The molecule has 1 spiro atoms. The second-order valence-electron chi connectivity index (χ2n) is 6.31. The molecule has 0 radical (unpaired) electrons. The first-order valence-corrected chi connectivity index (χ1v) is 7.23. The SMILES string of the molecule is CC(F)(F)c1ncc(N2CCC(F)(F)CC23CC3)nc1C(F)F. The summed E-state index contributed by atoms with van der Waals surface area (Å²) in [6.45, 7) is 0.401. The van der Waals surface area contributed by atoms with Crippen LogP contribution in [0, 0.1) is 0 Å². The molecular weight excluding hydrogens is 324 g/mol. The molecule has 1 aromatic heterocycles. The molecule has 0 bridgehead atoms. The highest BCUT2D eigenvalue weighted by Gasteiger charge is 2.57. The number of aromatic nitrogens is 2. The van der Waals surface area contributed by atoms with Crippen molar-refractivity contribution < 1.29 is 26.3 Å². The molecule has 2 fully saturated rings. The fourth-order valence-corrected chi connectivity index (χ4v) is 3.14. The Balaban J connectivity index is 1.97. The van der Waals surface area contributed by atoms with E-state index in [9.17, 15) is 26.3 Å². The maximum atomic E-state index is 13.6. The molecule has 128 valence electrons. The Kier molecular flexibility index (Phi) is 3.53. The number of halogens is 6. The van der Waals surface area contributed by atoms with Gasteiger partial charge in [0.05, 0.1) is 6.20 Å². The molecule has 0 atom stereocenters. The second-order valence-corrected chi connectivity index (χ2v) is 6.31. The summed E-state index contributed by atoms with van der Waals surface area (Å²) in [4.78, 5) is 8.60. The van der Waals surface area contributed by atoms with Crippen LogP contribution in [-0.2, 0) is 5.92 Å². The minimum atomic E-state index is -3.55. The van der Waals surface area contributed by atoms with Crippen LogP contribution in [-0.4, -0.2) is 28.0 Å². The molecule has 23 heavy (non-hydrogen) atoms. The number of piperidine rings is 1. The second kappa shape index (κ2) is 4.98. The average Bonchev–Trinajstić information content (AvgIpc) is 3.15. The molecule has 0 aromatic carbocycles. The van der Waals surface area contributed by atoms with Gasteiger partial charge in [-0.1, -0.05) is 0 Å². The molecular formula is C14H15F6N3. The lowest BCUT2D eigenvalue weighted by Gasteiger charge is -2.40. The third kappa shape index (κ3) is 2.97. The maximum Gasteiger partial charge on any atom is 0.288 e. The summed E-state index contributed by atoms with van der Waals surface area (Å²) >= 11 is 0. The molecule has 9 heteroatoms. The molecule has 1 aliphatic carbocycles. The van der Waals surface area contributed by atoms with Gasteiger partial charge in [-0.15, -0.1) is 0 Å². The van der Waals surface area contributed by atoms with Crippen LogP contribution >= 0.6 is 0 Å². The lowest BCUT2D eigenvalue weighted by molar-refractivity contribution is -0.0375. The van der Waals surface area contributed by atoms with Crippen LogP contribution in [0.1, 0.15) is 50.4 Å². The van der Waals surface area contributed by atoms with Crippen molar-refractivity contribution in [3.63, 3.8) is 0 Å². The molecule has 1 aromatic rings. The first-order chi connectivity index (χ1) is 10.5. The molecule has 3 rings (SSSR count). The highest BCUT2D eigenvalue weighted by molar-refractivity contribution is 5.46. The van der Waals surface area contributed by atoms with Crippen LogP contribution in [0.5, 0.6) is 0 Å². The average molecular weight is 339 g/mol. The van der Waals surface area contributed by atoms with Gasteiger partial charge in [-0.05, 0) is 12.8 Å². The van der Waals surface area contributed by atoms with E-state index in [1.807, 2.05) is 0 Å². The highest BCUT2D eigenvalue weighted by Crippen LogP contribution is 2.54. The summed E-state index contributed by atoms with van der Waals surface area (Å²) in [5.41, 5.74) is -2.99. The van der Waals surface area contributed by atoms with Crippen LogP contribution in [0.25, 0.3) is 0 Å². The predicted octanol–water partition coefficient (Wildman–Crippen LogP) is 4.29. The summed E-state index contributed by atoms with van der Waals surface area (Å²) in [6, 6.07) is 0. The van der Waals surface area contributed by atoms with Gasteiger partial charge in [0, 0.05) is 31.8 Å². The van der Waals surface area contributed by atoms with Gasteiger partial charge < -0.3 is 4.90 Å². The fraction of sp³-hybridized carbons (Fsp3) is 0.714. The number of hydrogen-bond acceptors (Lipinski definition) is 3. The van der Waals surface area contributed by atoms with E-state index in [-0.39, 0.29) is 18.8 Å². The van der Waals surface area contributed by atoms with E-state index in [0.717, 1.165) is 6.20 Å². The third-order valence-electron chi connectivity index (χ3n) is 4.37. The van der Waals surface area contributed by atoms with Crippen LogP contribution in [0.15, 0.2) is 6.20 Å². The van der Waals surface area contributed by atoms with Crippen molar-refractivity contribution in [2.75, 3.05) is 11.4 Å². The van der Waals surface area contributed by atoms with Crippen molar-refractivity contribution in [3.05, 3.63) is 17.6 Å². The fourth-order valence-electron chi connectivity index (χ4n) is 3.14. The zero-order chi connectivity index (χ0) is 17.0. The van der Waals surface area contributed by atoms with Crippen molar-refractivity contribution in [2.45, 2.75) is 56.4 Å². The van der Waals surface area contributed by atoms with Gasteiger partial charge in [0.1, 0.15) is 17.2 Å². The Hall–Kier alpha value is -1.54. The quantitative estimate of drug-likeness (QED) is 0.769. The Morgan fingerprint density at radius 2 is 1.87 bits per heavy atom. The van der Waals surface area contributed by atoms with Gasteiger partial charge in [0.15, 0.2) is 0 Å². The third-order valence-corrected chi connectivity index (χ3v) is 4.37. The molecule has 2 heterocycles. The summed E-state index contributed by atoms with van der Waals surface area (Å²) in [6.07, 6.45) is -2.05. The minimum absolute atomic E-state index is 0.0405. The Morgan fingerprint density at radius 1 is 1.22 bits per heavy atom. The molecule has 0 amide bonds. The summed E-state index contributed by atoms with van der Waals surface area (Å²) in [7, 11) is 0. The van der Waals surface area contributed by atoms with E-state index in [1.165, 1.54) is 4.90 Å². The number of rotatable bonds is 3. The number of anilines is 1. The van der Waals surface area contributed by atoms with Crippen LogP contribution in [0.3, 0.4) is 0 Å². The lowest BCUT2D eigenvalue weighted by Crippen LogP contribution is -2.49. The first-order valence-electron chi connectivity index (χ1n) is 7.23. The molecule has 0 N–H and O–H groups in total. The zero-order valence-electron chi connectivity index (χ0n) is 12.3. The lowest BCUT2D eigenvalue weighted by atomic mass is 9.96. The van der Waals surface area contributed by atoms with Gasteiger partial charge in [-0.3, -0.25) is 0 Å². The molecule has 0 unspecified atom stereocenters. The molecule has 1 saturated carbocycles. The zero-order valence-corrected chi connectivity index (χ0v) is 12.3. The first kappa shape index (κ1) is 16.3. The van der Waals surface area contributed by atoms with E-state index in [4.69, 9.17) is 0 Å². The van der Waals surface area contributed by atoms with Crippen molar-refractivity contribution >= 4 is 5.82 Å². The Morgan fingerprint density at radius 3 is 2.39 bits per heavy atom. The van der Waals surface area contributed by atoms with E-state index in [2.05, 4.69) is 9.97 Å². The minimum Gasteiger partial charge on any atom is -0.349 e. The topological polar surface area (TPSA) is 29.0 Å². The largest absolute Gasteiger partial charge is 0.349 e. The van der Waals surface area contributed by atoms with E-state index >= 15 is 0 Å². The molecule has 2 aliphatic rings. The van der Waals surface area contributed by atoms with E-state index < -0.39 is 41.6 Å². The van der Waals surface area contributed by atoms with Crippen molar-refractivity contribution in [1.29, 1.82) is 0 Å². The van der Waals surface area contributed by atoms with Crippen molar-refractivity contribution in [3.8, 4) is 0 Å². The Labute approximate surface area is 128 Å². The molecule has 3 nitrogen and oxygen atoms in total. The number of nitrogens with zero attached hydrogens (tertiary/aromatic N) is 3. The monoisotopic (exact) mass is 339 g/mol. The number of hydrogen-bond donors (Lipinski definition) is 0. The van der Waals surface area contributed by atoms with E-state index in [1.54, 1.807) is 0 Å². The van der Waals surface area contributed by atoms with Crippen LogP contribution in [0.2, 0.25) is 0 Å². The molecule has 1 aliphatic heterocycles. The van der Waals surface area contributed by atoms with Gasteiger partial charge in [0.2, 0.25) is 0 Å². The summed E-state index contributed by atoms with van der Waals surface area (Å²) in [5.74, 6) is -6.40. The molecule has 1 saturated heterocycles. The van der Waals surface area contributed by atoms with Crippen molar-refractivity contribution in [2.24, 2.45) is 0 Å². The van der Waals surface area contributed by atoms with Gasteiger partial charge in [0.25, 0.3) is 18.3 Å². The van der Waals surface area contributed by atoms with E-state index in [0.29, 0.717) is 19.8 Å². The van der Waals surface area contributed by atoms with Gasteiger partial charge >= 0.3 is 0 Å². The standard InChI is InChI=1S/C14H15F6N3/c1-12(17,18)10-9(11(15)16)22-8(6-21-10)23-5-4-14(19,20)7-13(23)2-3-13/h6,11H,2-5,7H2,1H3. The number of alkyl halides is 6. The van der Waals surface area contributed by atoms with Crippen LogP contribution < -0.4 is 4.90 Å². The highest BCUT2D eigenvalue weighted by atomic mass is 19.3. The predicted molar refractivity (Wildman–Crippen MR) is 70.0 cm³/mol. The van der Waals surface area contributed by atoms with Crippen molar-refractivity contribution in [1.82, 2.24) is 9.97 Å². The smallest absolute Gasteiger partial charge is 0.288 e. The van der Waals surface area contributed by atoms with Gasteiger partial charge in [-0.25, -0.2) is 27.5 Å². The Bertz CT molecular complexity index is 609. The van der Waals surface area contributed by atoms with Gasteiger partial charge in [-0.2, -0.15) is 8.78 Å². The van der Waals surface area contributed by atoms with Crippen LogP contribution in [0.4, 0.5) is 32.2 Å². The summed E-state index contributed by atoms with van der Waals surface area (Å²) < 4.78 is 80.0. The normalized spacial score (nSPS) is 22.7. The summed E-state index contributed by atoms with van der Waals surface area (Å²) in [5, 5.41) is 0. The maximum absolute atomic E-state index is 13.6.